The van der Waals surface area contributed by atoms with Gasteiger partial charge in [-0.25, -0.2) is 4.57 Å². The van der Waals surface area contributed by atoms with Crippen LogP contribution in [0.4, 0.5) is 0 Å². The number of para-hydroxylation sites is 1. The van der Waals surface area contributed by atoms with Gasteiger partial charge in [0.05, 0.1) is 29.0 Å². The second-order valence-corrected chi connectivity index (χ2v) is 8.23. The zero-order chi connectivity index (χ0) is 19.3. The molecular weight excluding hydrogens is 342 g/mol. The molecule has 3 nitrogen and oxygen atoms in total. The Bertz CT molecular complexity index is 1600. The Labute approximate surface area is 163 Å². The molecule has 0 N–H and O–H groups in total. The van der Waals surface area contributed by atoms with Gasteiger partial charge in [-0.2, -0.15) is 0 Å². The molecule has 0 spiro atoms. The molecule has 136 valence electrons. The molecule has 0 unspecified atom stereocenters. The minimum absolute atomic E-state index is 1.08. The predicted octanol–water partition coefficient (Wildman–Crippen LogP) is 5.44. The summed E-state index contributed by atoms with van der Waals surface area (Å²) in [5, 5.41) is 5.27. The molecule has 3 aromatic heterocycles. The van der Waals surface area contributed by atoms with Gasteiger partial charge in [-0.3, -0.25) is 0 Å². The van der Waals surface area contributed by atoms with Gasteiger partial charge < -0.3 is 4.40 Å². The van der Waals surface area contributed by atoms with Gasteiger partial charge in [0.15, 0.2) is 5.52 Å². The first kappa shape index (κ1) is 15.8. The smallest absolute Gasteiger partial charge is 0.287 e. The topological polar surface area (TPSA) is 21.2 Å². The number of benzene rings is 3. The van der Waals surface area contributed by atoms with Crippen LogP contribution in [0.15, 0.2) is 42.7 Å². The summed E-state index contributed by atoms with van der Waals surface area (Å²) in [6.07, 6.45) is 1.96. The van der Waals surface area contributed by atoms with Crippen LogP contribution < -0.4 is 4.57 Å². The Morgan fingerprint density at radius 1 is 0.821 bits per heavy atom. The number of pyridine rings is 1. The lowest BCUT2D eigenvalue weighted by Gasteiger charge is -2.16. The summed E-state index contributed by atoms with van der Waals surface area (Å²) in [5.41, 5.74) is 11.5. The molecule has 6 aromatic rings. The van der Waals surface area contributed by atoms with Crippen LogP contribution in [-0.4, -0.2) is 9.38 Å². The van der Waals surface area contributed by atoms with Gasteiger partial charge in [0, 0.05) is 16.2 Å². The van der Waals surface area contributed by atoms with Crippen LogP contribution in [0.25, 0.3) is 49.1 Å². The Kier molecular flexibility index (Phi) is 2.82. The lowest BCUT2D eigenvalue weighted by molar-refractivity contribution is -0.646. The van der Waals surface area contributed by atoms with Crippen molar-refractivity contribution in [3.05, 3.63) is 65.0 Å². The summed E-state index contributed by atoms with van der Waals surface area (Å²) in [7, 11) is 2.12. The molecule has 0 aliphatic rings. The average molecular weight is 364 g/mol. The highest BCUT2D eigenvalue weighted by Crippen LogP contribution is 2.42. The van der Waals surface area contributed by atoms with Gasteiger partial charge in [0.1, 0.15) is 5.52 Å². The highest BCUT2D eigenvalue weighted by Gasteiger charge is 2.26. The van der Waals surface area contributed by atoms with Crippen molar-refractivity contribution in [2.75, 3.05) is 0 Å². The minimum Gasteiger partial charge on any atom is -0.307 e. The number of hydrogen-bond donors (Lipinski definition) is 0. The molecule has 0 bridgehead atoms. The van der Waals surface area contributed by atoms with Gasteiger partial charge in [0.2, 0.25) is 0 Å². The lowest BCUT2D eigenvalue weighted by Crippen LogP contribution is -2.30. The number of aromatic nitrogens is 3. The third-order valence-electron chi connectivity index (χ3n) is 6.54. The summed E-state index contributed by atoms with van der Waals surface area (Å²) in [4.78, 5) is 4.79. The molecular formula is C25H22N3+. The normalized spacial score (nSPS) is 12.5. The first-order valence-electron chi connectivity index (χ1n) is 9.81. The van der Waals surface area contributed by atoms with E-state index in [0.29, 0.717) is 0 Å². The standard InChI is InChI=1S/C25H22N3/c1-13-10-15(3)23-21(16(13)4)24-22-18(26-12-27(24)5)11-14(2)20-17-8-6-7-9-19(17)28(23)25(20)22/h6-12H,1-5H3/q+1. The van der Waals surface area contributed by atoms with Gasteiger partial charge in [-0.1, -0.05) is 24.3 Å². The molecule has 0 aliphatic carbocycles. The number of aryl methyl sites for hydroxylation is 5. The van der Waals surface area contributed by atoms with Crippen LogP contribution in [0.3, 0.4) is 0 Å². The van der Waals surface area contributed by atoms with E-state index < -0.39 is 0 Å². The van der Waals surface area contributed by atoms with E-state index in [9.17, 15) is 0 Å². The molecule has 0 radical (unpaired) electrons. The second kappa shape index (κ2) is 4.99. The van der Waals surface area contributed by atoms with Gasteiger partial charge >= 0.3 is 0 Å². The quantitative estimate of drug-likeness (QED) is 0.200. The van der Waals surface area contributed by atoms with Crippen LogP contribution in [-0.2, 0) is 7.05 Å². The third-order valence-corrected chi connectivity index (χ3v) is 6.54. The fraction of sp³-hybridized carbons (Fsp3) is 0.200. The van der Waals surface area contributed by atoms with E-state index in [2.05, 4.69) is 80.1 Å². The molecule has 0 fully saturated rings. The second-order valence-electron chi connectivity index (χ2n) is 8.23. The van der Waals surface area contributed by atoms with Crippen molar-refractivity contribution in [3.8, 4) is 0 Å². The monoisotopic (exact) mass is 364 g/mol. The maximum atomic E-state index is 4.79. The van der Waals surface area contributed by atoms with Gasteiger partial charge in [-0.05, 0) is 67.1 Å². The molecule has 0 amide bonds. The SMILES string of the molecule is Cc1cc(C)c2c(c1C)c1c3c(cc(C)c4c5ccccc5n2c43)nc[n+]1C. The van der Waals surface area contributed by atoms with Crippen molar-refractivity contribution >= 4 is 49.1 Å². The number of nitrogens with zero attached hydrogens (tertiary/aromatic N) is 3. The highest BCUT2D eigenvalue weighted by molar-refractivity contribution is 6.27. The number of hydrogen-bond acceptors (Lipinski definition) is 1. The van der Waals surface area contributed by atoms with Crippen molar-refractivity contribution < 1.29 is 4.57 Å². The molecule has 0 saturated heterocycles. The first-order chi connectivity index (χ1) is 13.5. The maximum absolute atomic E-state index is 4.79. The highest BCUT2D eigenvalue weighted by atomic mass is 15.0. The fourth-order valence-electron chi connectivity index (χ4n) is 5.25. The van der Waals surface area contributed by atoms with E-state index in [1.807, 2.05) is 6.33 Å². The van der Waals surface area contributed by atoms with Crippen LogP contribution >= 0.6 is 0 Å². The predicted molar refractivity (Wildman–Crippen MR) is 117 cm³/mol. The van der Waals surface area contributed by atoms with E-state index in [1.54, 1.807) is 0 Å². The molecule has 3 heteroatoms. The van der Waals surface area contributed by atoms with Crippen LogP contribution in [0.1, 0.15) is 22.3 Å². The van der Waals surface area contributed by atoms with Crippen molar-refractivity contribution in [3.63, 3.8) is 0 Å². The fourth-order valence-corrected chi connectivity index (χ4v) is 5.25. The molecule has 0 saturated carbocycles. The van der Waals surface area contributed by atoms with Crippen molar-refractivity contribution in [2.24, 2.45) is 7.05 Å². The summed E-state index contributed by atoms with van der Waals surface area (Å²) in [5.74, 6) is 0. The number of rotatable bonds is 0. The van der Waals surface area contributed by atoms with E-state index in [-0.39, 0.29) is 0 Å². The Balaban J connectivity index is 2.19. The molecule has 3 aromatic carbocycles. The van der Waals surface area contributed by atoms with Crippen molar-refractivity contribution in [2.45, 2.75) is 27.7 Å². The lowest BCUT2D eigenvalue weighted by atomic mass is 9.95. The largest absolute Gasteiger partial charge is 0.307 e. The molecule has 0 atom stereocenters. The van der Waals surface area contributed by atoms with E-state index in [0.717, 1.165) is 5.52 Å². The molecule has 6 rings (SSSR count). The van der Waals surface area contributed by atoms with E-state index >= 15 is 0 Å². The van der Waals surface area contributed by atoms with Gasteiger partial charge in [-0.15, -0.1) is 0 Å². The van der Waals surface area contributed by atoms with Crippen LogP contribution in [0, 0.1) is 27.7 Å². The average Bonchev–Trinajstić information content (AvgIpc) is 3.02. The molecule has 3 heterocycles. The minimum atomic E-state index is 1.08. The summed E-state index contributed by atoms with van der Waals surface area (Å²) >= 11 is 0. The summed E-state index contributed by atoms with van der Waals surface area (Å²) < 4.78 is 4.69. The molecule has 28 heavy (non-hydrogen) atoms. The Morgan fingerprint density at radius 2 is 1.61 bits per heavy atom. The Hall–Kier alpha value is -3.20. The van der Waals surface area contributed by atoms with Crippen LogP contribution in [0.5, 0.6) is 0 Å². The maximum Gasteiger partial charge on any atom is 0.287 e. The zero-order valence-electron chi connectivity index (χ0n) is 16.9. The summed E-state index contributed by atoms with van der Waals surface area (Å²) in [6.45, 7) is 8.92. The summed E-state index contributed by atoms with van der Waals surface area (Å²) in [6, 6.07) is 13.4. The third kappa shape index (κ3) is 1.66. The van der Waals surface area contributed by atoms with Crippen LogP contribution in [0.2, 0.25) is 0 Å². The zero-order valence-corrected chi connectivity index (χ0v) is 16.9. The van der Waals surface area contributed by atoms with E-state index in [1.165, 1.54) is 65.9 Å². The van der Waals surface area contributed by atoms with E-state index in [4.69, 9.17) is 4.98 Å². The molecule has 0 aliphatic heterocycles. The van der Waals surface area contributed by atoms with Gasteiger partial charge in [0.25, 0.3) is 6.33 Å². The number of fused-ring (bicyclic) bond motifs is 6. The first-order valence-corrected chi connectivity index (χ1v) is 9.81. The Morgan fingerprint density at radius 3 is 2.43 bits per heavy atom. The van der Waals surface area contributed by atoms with Crippen molar-refractivity contribution in [1.29, 1.82) is 0 Å². The van der Waals surface area contributed by atoms with Crippen molar-refractivity contribution in [1.82, 2.24) is 9.38 Å².